The summed E-state index contributed by atoms with van der Waals surface area (Å²) in [5, 5.41) is 14.3. The number of carbonyl (C=O) groups is 1. The van der Waals surface area contributed by atoms with Crippen LogP contribution >= 0.6 is 0 Å². The van der Waals surface area contributed by atoms with Crippen LogP contribution in [0.3, 0.4) is 0 Å². The molecule has 0 saturated heterocycles. The standard InChI is InChI=1S/C19H16N6O2/c26-18(21-14-7-8-14)12-3-5-15(6-4-12)22-19-23-17-16(13-10-20-27-11-13)2-1-9-25(17)24-19/h1-6,9-11,14H,7-8H2,(H,21,26)(H,22,24). The van der Waals surface area contributed by atoms with Crippen molar-refractivity contribution in [1.29, 1.82) is 0 Å². The number of fused-ring (bicyclic) bond motifs is 1. The third-order valence-corrected chi connectivity index (χ3v) is 4.42. The van der Waals surface area contributed by atoms with Crippen molar-refractivity contribution in [2.75, 3.05) is 5.32 Å². The van der Waals surface area contributed by atoms with Gasteiger partial charge in [0.1, 0.15) is 6.26 Å². The van der Waals surface area contributed by atoms with Gasteiger partial charge in [0.05, 0.1) is 6.20 Å². The van der Waals surface area contributed by atoms with Crippen LogP contribution in [0.25, 0.3) is 16.8 Å². The highest BCUT2D eigenvalue weighted by Gasteiger charge is 2.23. The fraction of sp³-hybridized carbons (Fsp3) is 0.158. The predicted octanol–water partition coefficient (Wildman–Crippen LogP) is 3.02. The molecule has 0 bridgehead atoms. The zero-order chi connectivity index (χ0) is 18.2. The van der Waals surface area contributed by atoms with E-state index in [9.17, 15) is 4.79 Å². The first-order chi connectivity index (χ1) is 13.3. The molecule has 3 heterocycles. The van der Waals surface area contributed by atoms with Crippen molar-refractivity contribution in [3.8, 4) is 11.1 Å². The molecule has 0 unspecified atom stereocenters. The Morgan fingerprint density at radius 3 is 2.78 bits per heavy atom. The zero-order valence-electron chi connectivity index (χ0n) is 14.3. The molecule has 0 atom stereocenters. The highest BCUT2D eigenvalue weighted by molar-refractivity contribution is 5.95. The van der Waals surface area contributed by atoms with E-state index in [-0.39, 0.29) is 5.91 Å². The Morgan fingerprint density at radius 1 is 1.19 bits per heavy atom. The van der Waals surface area contributed by atoms with Crippen molar-refractivity contribution >= 4 is 23.2 Å². The number of aromatic nitrogens is 4. The topological polar surface area (TPSA) is 97.3 Å². The van der Waals surface area contributed by atoms with Crippen LogP contribution in [0.1, 0.15) is 23.2 Å². The first-order valence-corrected chi connectivity index (χ1v) is 8.69. The van der Waals surface area contributed by atoms with Gasteiger partial charge in [0.2, 0.25) is 5.95 Å². The summed E-state index contributed by atoms with van der Waals surface area (Å²) in [6.07, 6.45) is 7.19. The smallest absolute Gasteiger partial charge is 0.251 e. The van der Waals surface area contributed by atoms with Crippen LogP contribution in [0.2, 0.25) is 0 Å². The monoisotopic (exact) mass is 360 g/mol. The number of hydrogen-bond donors (Lipinski definition) is 2. The lowest BCUT2D eigenvalue weighted by Gasteiger charge is -2.05. The molecule has 2 N–H and O–H groups in total. The second-order valence-corrected chi connectivity index (χ2v) is 6.49. The summed E-state index contributed by atoms with van der Waals surface area (Å²) in [4.78, 5) is 16.6. The van der Waals surface area contributed by atoms with Gasteiger partial charge in [-0.3, -0.25) is 4.79 Å². The molecule has 5 rings (SSSR count). The van der Waals surface area contributed by atoms with Crippen LogP contribution in [-0.2, 0) is 0 Å². The minimum atomic E-state index is -0.0340. The molecule has 134 valence electrons. The Bertz CT molecular complexity index is 1100. The molecule has 4 aromatic rings. The van der Waals surface area contributed by atoms with E-state index in [0.717, 1.165) is 29.7 Å². The van der Waals surface area contributed by atoms with Crippen molar-refractivity contribution in [2.45, 2.75) is 18.9 Å². The third-order valence-electron chi connectivity index (χ3n) is 4.42. The van der Waals surface area contributed by atoms with Crippen LogP contribution in [0, 0.1) is 0 Å². The van der Waals surface area contributed by atoms with Gasteiger partial charge in [-0.2, -0.15) is 4.98 Å². The molecule has 1 aliphatic carbocycles. The van der Waals surface area contributed by atoms with Crippen molar-refractivity contribution in [1.82, 2.24) is 25.1 Å². The Hall–Kier alpha value is -3.68. The molecular formula is C19H16N6O2. The number of nitrogens with zero attached hydrogens (tertiary/aromatic N) is 4. The lowest BCUT2D eigenvalue weighted by Crippen LogP contribution is -2.25. The number of carbonyl (C=O) groups excluding carboxylic acids is 1. The molecule has 1 aromatic carbocycles. The predicted molar refractivity (Wildman–Crippen MR) is 98.7 cm³/mol. The zero-order valence-corrected chi connectivity index (χ0v) is 14.3. The first kappa shape index (κ1) is 15.6. The van der Waals surface area contributed by atoms with Gasteiger partial charge in [-0.15, -0.1) is 5.10 Å². The van der Waals surface area contributed by atoms with E-state index < -0.39 is 0 Å². The number of nitrogens with one attached hydrogen (secondary N) is 2. The van der Waals surface area contributed by atoms with E-state index in [1.54, 1.807) is 29.1 Å². The highest BCUT2D eigenvalue weighted by Crippen LogP contribution is 2.24. The summed E-state index contributed by atoms with van der Waals surface area (Å²) in [6.45, 7) is 0. The number of amides is 1. The number of anilines is 2. The largest absolute Gasteiger partial charge is 0.364 e. The van der Waals surface area contributed by atoms with E-state index in [1.165, 1.54) is 0 Å². The maximum atomic E-state index is 12.1. The normalized spacial score (nSPS) is 13.6. The molecule has 0 radical (unpaired) electrons. The molecule has 8 nitrogen and oxygen atoms in total. The van der Waals surface area contributed by atoms with Crippen molar-refractivity contribution < 1.29 is 9.32 Å². The van der Waals surface area contributed by atoms with Gasteiger partial charge >= 0.3 is 0 Å². The van der Waals surface area contributed by atoms with Crippen molar-refractivity contribution in [3.63, 3.8) is 0 Å². The van der Waals surface area contributed by atoms with E-state index in [1.807, 2.05) is 30.5 Å². The molecule has 1 aliphatic rings. The number of benzene rings is 1. The maximum Gasteiger partial charge on any atom is 0.251 e. The molecule has 27 heavy (non-hydrogen) atoms. The van der Waals surface area contributed by atoms with Gasteiger partial charge in [0, 0.05) is 34.6 Å². The van der Waals surface area contributed by atoms with E-state index >= 15 is 0 Å². The highest BCUT2D eigenvalue weighted by atomic mass is 16.5. The summed E-state index contributed by atoms with van der Waals surface area (Å²) in [5.74, 6) is 0.433. The maximum absolute atomic E-state index is 12.1. The van der Waals surface area contributed by atoms with Crippen LogP contribution < -0.4 is 10.6 Å². The Kier molecular flexibility index (Phi) is 3.60. The molecule has 1 amide bonds. The summed E-state index contributed by atoms with van der Waals surface area (Å²) >= 11 is 0. The fourth-order valence-corrected chi connectivity index (χ4v) is 2.85. The Labute approximate surface area is 154 Å². The quantitative estimate of drug-likeness (QED) is 0.568. The fourth-order valence-electron chi connectivity index (χ4n) is 2.85. The minimum absolute atomic E-state index is 0.0340. The van der Waals surface area contributed by atoms with Gasteiger partial charge in [-0.1, -0.05) is 5.16 Å². The molecule has 0 spiro atoms. The Balaban J connectivity index is 1.38. The van der Waals surface area contributed by atoms with Crippen LogP contribution in [0.15, 0.2) is 59.6 Å². The van der Waals surface area contributed by atoms with Crippen molar-refractivity contribution in [2.24, 2.45) is 0 Å². The number of pyridine rings is 1. The molecule has 3 aromatic heterocycles. The van der Waals surface area contributed by atoms with Crippen LogP contribution in [0.5, 0.6) is 0 Å². The molecule has 1 fully saturated rings. The lowest BCUT2D eigenvalue weighted by molar-refractivity contribution is 0.0951. The van der Waals surface area contributed by atoms with E-state index in [0.29, 0.717) is 23.2 Å². The van der Waals surface area contributed by atoms with Crippen LogP contribution in [-0.4, -0.2) is 31.7 Å². The van der Waals surface area contributed by atoms with E-state index in [2.05, 4.69) is 25.9 Å². The summed E-state index contributed by atoms with van der Waals surface area (Å²) < 4.78 is 6.62. The first-order valence-electron chi connectivity index (χ1n) is 8.69. The van der Waals surface area contributed by atoms with Crippen molar-refractivity contribution in [3.05, 3.63) is 60.6 Å². The molecule has 8 heteroatoms. The summed E-state index contributed by atoms with van der Waals surface area (Å²) in [5.41, 5.74) is 3.87. The van der Waals surface area contributed by atoms with Gasteiger partial charge in [0.25, 0.3) is 5.91 Å². The van der Waals surface area contributed by atoms with Gasteiger partial charge in [-0.25, -0.2) is 4.52 Å². The van der Waals surface area contributed by atoms with Crippen LogP contribution in [0.4, 0.5) is 11.6 Å². The average molecular weight is 360 g/mol. The summed E-state index contributed by atoms with van der Waals surface area (Å²) in [6, 6.07) is 11.4. The molecule has 0 aliphatic heterocycles. The van der Waals surface area contributed by atoms with Gasteiger partial charge in [0.15, 0.2) is 5.65 Å². The molecule has 1 saturated carbocycles. The number of rotatable bonds is 5. The van der Waals surface area contributed by atoms with Gasteiger partial charge in [-0.05, 0) is 49.2 Å². The van der Waals surface area contributed by atoms with Gasteiger partial charge < -0.3 is 15.2 Å². The SMILES string of the molecule is O=C(NC1CC1)c1ccc(Nc2nc3c(-c4cnoc4)cccn3n2)cc1. The third kappa shape index (κ3) is 3.12. The lowest BCUT2D eigenvalue weighted by atomic mass is 10.1. The second kappa shape index (κ2) is 6.24. The second-order valence-electron chi connectivity index (χ2n) is 6.49. The molecular weight excluding hydrogens is 344 g/mol. The number of hydrogen-bond acceptors (Lipinski definition) is 6. The van der Waals surface area contributed by atoms with E-state index in [4.69, 9.17) is 4.52 Å². The Morgan fingerprint density at radius 2 is 2.04 bits per heavy atom. The minimum Gasteiger partial charge on any atom is -0.364 e. The average Bonchev–Trinajstić information content (AvgIpc) is 3.17. The summed E-state index contributed by atoms with van der Waals surface area (Å²) in [7, 11) is 0.